The number of anilines is 1. The maximum absolute atomic E-state index is 13.6. The number of methoxy groups -OCH3 is 1. The Hall–Kier alpha value is -2.97. The fourth-order valence-electron chi connectivity index (χ4n) is 4.65. The molecule has 11 heteroatoms. The van der Waals surface area contributed by atoms with Gasteiger partial charge in [-0.05, 0) is 36.8 Å². The summed E-state index contributed by atoms with van der Waals surface area (Å²) in [6, 6.07) is 12.2. The lowest BCUT2D eigenvalue weighted by Crippen LogP contribution is -2.67. The summed E-state index contributed by atoms with van der Waals surface area (Å²) in [4.78, 5) is 43.1. The molecule has 37 heavy (non-hydrogen) atoms. The minimum Gasteiger partial charge on any atom is -0.497 e. The molecule has 3 aromatic rings. The first-order chi connectivity index (χ1) is 17.7. The van der Waals surface area contributed by atoms with Gasteiger partial charge in [0.2, 0.25) is 0 Å². The van der Waals surface area contributed by atoms with Crippen LogP contribution in [0.15, 0.2) is 48.5 Å². The Morgan fingerprint density at radius 1 is 0.757 bits per heavy atom. The number of hydrogen-bond donors (Lipinski definition) is 0. The SMILES string of the molecule is CCOc1ccc(C2C(N3C(=O)c4c(Cl)c(Cl)c(Cl)c(Cl)c4C3=O)C(=O)N2c2cccc(OC)c2)cc1. The summed E-state index contributed by atoms with van der Waals surface area (Å²) in [6.07, 6.45) is 0. The number of benzene rings is 3. The zero-order valence-electron chi connectivity index (χ0n) is 19.4. The molecule has 0 bridgehead atoms. The Morgan fingerprint density at radius 2 is 1.35 bits per heavy atom. The highest BCUT2D eigenvalue weighted by Gasteiger charge is 2.58. The minimum atomic E-state index is -1.17. The molecule has 0 N–H and O–H groups in total. The number of carbonyl (C=O) groups is 3. The molecule has 5 rings (SSSR count). The highest BCUT2D eigenvalue weighted by atomic mass is 35.5. The smallest absolute Gasteiger partial charge is 0.264 e. The van der Waals surface area contributed by atoms with E-state index in [-0.39, 0.29) is 31.2 Å². The number of carbonyl (C=O) groups excluding carboxylic acids is 3. The average Bonchev–Trinajstić information content (AvgIpc) is 3.15. The van der Waals surface area contributed by atoms with Crippen LogP contribution in [0.3, 0.4) is 0 Å². The van der Waals surface area contributed by atoms with Crippen molar-refractivity contribution in [1.29, 1.82) is 0 Å². The van der Waals surface area contributed by atoms with Crippen molar-refractivity contribution in [2.45, 2.75) is 19.0 Å². The van der Waals surface area contributed by atoms with E-state index in [2.05, 4.69) is 0 Å². The number of β-lactam (4-membered cyclic amide) rings is 1. The van der Waals surface area contributed by atoms with Gasteiger partial charge in [-0.25, -0.2) is 0 Å². The van der Waals surface area contributed by atoms with Crippen molar-refractivity contribution < 1.29 is 23.9 Å². The molecule has 2 unspecified atom stereocenters. The topological polar surface area (TPSA) is 76.2 Å². The summed E-state index contributed by atoms with van der Waals surface area (Å²) in [5.41, 5.74) is 0.868. The lowest BCUT2D eigenvalue weighted by molar-refractivity contribution is -0.130. The molecule has 1 fully saturated rings. The van der Waals surface area contributed by atoms with Crippen molar-refractivity contribution in [3.63, 3.8) is 0 Å². The van der Waals surface area contributed by atoms with Gasteiger partial charge in [-0.1, -0.05) is 64.6 Å². The van der Waals surface area contributed by atoms with Crippen LogP contribution in [0.25, 0.3) is 0 Å². The van der Waals surface area contributed by atoms with Crippen molar-refractivity contribution >= 4 is 69.8 Å². The molecular weight excluding hydrogens is 562 g/mol. The maximum atomic E-state index is 13.6. The third-order valence-corrected chi connectivity index (χ3v) is 8.14. The van der Waals surface area contributed by atoms with Gasteiger partial charge in [-0.2, -0.15) is 0 Å². The van der Waals surface area contributed by atoms with E-state index >= 15 is 0 Å². The van der Waals surface area contributed by atoms with Gasteiger partial charge < -0.3 is 14.4 Å². The summed E-state index contributed by atoms with van der Waals surface area (Å²) in [5, 5.41) is -0.672. The van der Waals surface area contributed by atoms with Gasteiger partial charge in [0.25, 0.3) is 17.7 Å². The molecule has 0 saturated carbocycles. The van der Waals surface area contributed by atoms with E-state index in [0.29, 0.717) is 29.4 Å². The van der Waals surface area contributed by atoms with E-state index < -0.39 is 29.8 Å². The standard InChI is InChI=1S/C26H18Cl4N2O5/c1-3-37-14-9-7-12(8-10-14)22-23(26(35)31(22)13-5-4-6-15(11-13)36-2)32-24(33)16-17(25(32)34)19(28)21(30)20(29)18(16)27/h4-11,22-23H,3H2,1-2H3. The molecule has 0 aliphatic carbocycles. The molecule has 2 aliphatic heterocycles. The van der Waals surface area contributed by atoms with Crippen LogP contribution < -0.4 is 14.4 Å². The fourth-order valence-corrected chi connectivity index (χ4v) is 5.67. The molecule has 0 radical (unpaired) electrons. The van der Waals surface area contributed by atoms with Crippen molar-refractivity contribution in [3.05, 3.63) is 85.3 Å². The van der Waals surface area contributed by atoms with Gasteiger partial charge in [-0.15, -0.1) is 0 Å². The first-order valence-electron chi connectivity index (χ1n) is 11.1. The van der Waals surface area contributed by atoms with Crippen molar-refractivity contribution in [3.8, 4) is 11.5 Å². The van der Waals surface area contributed by atoms with Crippen molar-refractivity contribution in [2.24, 2.45) is 0 Å². The third-order valence-electron chi connectivity index (χ3n) is 6.34. The third kappa shape index (κ3) is 3.92. The Bertz CT molecular complexity index is 1410. The highest BCUT2D eigenvalue weighted by Crippen LogP contribution is 2.49. The summed E-state index contributed by atoms with van der Waals surface area (Å²) in [6.45, 7) is 2.36. The molecule has 0 aromatic heterocycles. The van der Waals surface area contributed by atoms with Crippen LogP contribution in [0, 0.1) is 0 Å². The van der Waals surface area contributed by atoms with Crippen LogP contribution in [0.4, 0.5) is 5.69 Å². The van der Waals surface area contributed by atoms with Gasteiger partial charge in [-0.3, -0.25) is 19.3 Å². The summed E-state index contributed by atoms with van der Waals surface area (Å²) >= 11 is 24.9. The largest absolute Gasteiger partial charge is 0.497 e. The highest BCUT2D eigenvalue weighted by molar-refractivity contribution is 6.55. The number of amides is 3. The second-order valence-corrected chi connectivity index (χ2v) is 9.80. The van der Waals surface area contributed by atoms with E-state index in [1.54, 1.807) is 48.5 Å². The van der Waals surface area contributed by atoms with Crippen molar-refractivity contribution in [2.75, 3.05) is 18.6 Å². The maximum Gasteiger partial charge on any atom is 0.264 e. The summed E-state index contributed by atoms with van der Waals surface area (Å²) in [5.74, 6) is -0.825. The zero-order chi connectivity index (χ0) is 26.6. The second kappa shape index (κ2) is 9.72. The first kappa shape index (κ1) is 25.7. The van der Waals surface area contributed by atoms with Gasteiger partial charge in [0.1, 0.15) is 17.5 Å². The van der Waals surface area contributed by atoms with Crippen LogP contribution in [-0.2, 0) is 4.79 Å². The zero-order valence-corrected chi connectivity index (χ0v) is 22.5. The number of nitrogens with zero attached hydrogens (tertiary/aromatic N) is 2. The summed E-state index contributed by atoms with van der Waals surface area (Å²) < 4.78 is 10.9. The Morgan fingerprint density at radius 3 is 1.89 bits per heavy atom. The lowest BCUT2D eigenvalue weighted by atomic mass is 9.86. The quantitative estimate of drug-likeness (QED) is 0.145. The number of ether oxygens (including phenoxy) is 2. The van der Waals surface area contributed by atoms with Crippen LogP contribution in [-0.4, -0.2) is 42.4 Å². The van der Waals surface area contributed by atoms with E-state index in [9.17, 15) is 14.4 Å². The molecule has 3 amide bonds. The number of halogens is 4. The molecule has 2 atom stereocenters. The number of fused-ring (bicyclic) bond motifs is 1. The Kier molecular flexibility index (Phi) is 6.75. The molecule has 7 nitrogen and oxygen atoms in total. The summed E-state index contributed by atoms with van der Waals surface area (Å²) in [7, 11) is 1.52. The first-order valence-corrected chi connectivity index (χ1v) is 12.7. The molecule has 0 spiro atoms. The second-order valence-electron chi connectivity index (χ2n) is 8.29. The monoisotopic (exact) mass is 578 g/mol. The molecule has 2 aliphatic rings. The van der Waals surface area contributed by atoms with Crippen LogP contribution in [0.5, 0.6) is 11.5 Å². The molecule has 1 saturated heterocycles. The molecule has 190 valence electrons. The van der Waals surface area contributed by atoms with Crippen molar-refractivity contribution in [1.82, 2.24) is 4.90 Å². The van der Waals surface area contributed by atoms with Gasteiger partial charge in [0.05, 0.1) is 51.0 Å². The predicted octanol–water partition coefficient (Wildman–Crippen LogP) is 6.46. The van der Waals surface area contributed by atoms with Crippen LogP contribution in [0.2, 0.25) is 20.1 Å². The Balaban J connectivity index is 1.61. The van der Waals surface area contributed by atoms with E-state index in [1.807, 2.05) is 6.92 Å². The van der Waals surface area contributed by atoms with E-state index in [1.165, 1.54) is 12.0 Å². The number of rotatable bonds is 6. The number of hydrogen-bond acceptors (Lipinski definition) is 5. The van der Waals surface area contributed by atoms with Gasteiger partial charge in [0, 0.05) is 11.8 Å². The molecule has 3 aromatic carbocycles. The average molecular weight is 580 g/mol. The molecule has 2 heterocycles. The van der Waals surface area contributed by atoms with Crippen LogP contribution >= 0.6 is 46.4 Å². The lowest BCUT2D eigenvalue weighted by Gasteiger charge is -2.49. The minimum absolute atomic E-state index is 0.143. The van der Waals surface area contributed by atoms with Crippen LogP contribution in [0.1, 0.15) is 39.2 Å². The van der Waals surface area contributed by atoms with E-state index in [4.69, 9.17) is 55.9 Å². The molecular formula is C26H18Cl4N2O5. The van der Waals surface area contributed by atoms with E-state index in [0.717, 1.165) is 4.90 Å². The Labute approximate surface area is 232 Å². The normalized spacial score (nSPS) is 18.7. The number of imide groups is 1. The predicted molar refractivity (Wildman–Crippen MR) is 142 cm³/mol. The van der Waals surface area contributed by atoms with Gasteiger partial charge in [0.15, 0.2) is 0 Å². The fraction of sp³-hybridized carbons (Fsp3) is 0.192. The van der Waals surface area contributed by atoms with Gasteiger partial charge >= 0.3 is 0 Å².